The second-order valence-electron chi connectivity index (χ2n) is 11.1. The standard InChI is InChI=1S/C21H42O2P2.C5H6F6O2.Eu/c1-3-5-17-24(22,18-6-4-2)19-25(23,20-13-9-7-10-14-20)21-15-11-8-12-16-21;6-4(7,8)2(12)1-3(13)5(9,10)11;/h20-21H,3-19H2,1-2H3;2-3,12-13H,1H2;. The summed E-state index contributed by atoms with van der Waals surface area (Å²) >= 11 is 0. The molecule has 0 aliphatic heterocycles. The molecule has 2 N–H and O–H groups in total. The van der Waals surface area contributed by atoms with E-state index in [0.717, 1.165) is 63.7 Å². The van der Waals surface area contributed by atoms with Crippen molar-refractivity contribution < 1.29 is 95.1 Å². The van der Waals surface area contributed by atoms with Crippen molar-refractivity contribution in [2.75, 3.05) is 18.2 Å². The largest absolute Gasteiger partial charge is 0.414 e. The normalized spacial score (nSPS) is 19.9. The zero-order chi connectivity index (χ0) is 29.0. The van der Waals surface area contributed by atoms with Gasteiger partial charge in [-0.05, 0) is 38.5 Å². The van der Waals surface area contributed by atoms with Gasteiger partial charge in [-0.2, -0.15) is 26.3 Å². The van der Waals surface area contributed by atoms with Gasteiger partial charge in [0.2, 0.25) is 0 Å². The molecule has 0 bridgehead atoms. The van der Waals surface area contributed by atoms with E-state index in [1.165, 1.54) is 38.5 Å². The summed E-state index contributed by atoms with van der Waals surface area (Å²) in [6.45, 7) is 4.37. The van der Waals surface area contributed by atoms with E-state index in [2.05, 4.69) is 13.8 Å². The molecule has 4 nitrogen and oxygen atoms in total. The Morgan fingerprint density at radius 1 is 0.692 bits per heavy atom. The first-order chi connectivity index (χ1) is 17.6. The molecule has 2 rings (SSSR count). The summed E-state index contributed by atoms with van der Waals surface area (Å²) in [5.41, 5.74) is 0.807. The third-order valence-corrected chi connectivity index (χ3v) is 17.5. The molecule has 235 valence electrons. The van der Waals surface area contributed by atoms with Crippen molar-refractivity contribution in [2.45, 2.75) is 146 Å². The summed E-state index contributed by atoms with van der Waals surface area (Å²) in [5.74, 6) is 0.634. The predicted molar refractivity (Wildman–Crippen MR) is 142 cm³/mol. The van der Waals surface area contributed by atoms with E-state index in [4.69, 9.17) is 10.2 Å². The summed E-state index contributed by atoms with van der Waals surface area (Å²) in [5, 5.41) is 16.3. The van der Waals surface area contributed by atoms with Crippen molar-refractivity contribution in [3.8, 4) is 0 Å². The van der Waals surface area contributed by atoms with Crippen LogP contribution in [-0.2, 0) is 9.13 Å². The Balaban J connectivity index is 0.000000881. The van der Waals surface area contributed by atoms with Gasteiger partial charge in [-0.25, -0.2) is 0 Å². The summed E-state index contributed by atoms with van der Waals surface area (Å²) in [6.07, 6.45) is -0.201. The van der Waals surface area contributed by atoms with E-state index in [-0.39, 0.29) is 49.4 Å². The Labute approximate surface area is 271 Å². The maximum absolute atomic E-state index is 14.5. The van der Waals surface area contributed by atoms with Gasteiger partial charge in [0.25, 0.3) is 0 Å². The van der Waals surface area contributed by atoms with Crippen LogP contribution in [0.25, 0.3) is 0 Å². The number of hydrogen-bond donors (Lipinski definition) is 2. The minimum Gasteiger partial charge on any atom is -0.384 e. The van der Waals surface area contributed by atoms with Gasteiger partial charge in [-0.1, -0.05) is 65.2 Å². The van der Waals surface area contributed by atoms with Crippen LogP contribution in [0.4, 0.5) is 26.3 Å². The number of rotatable bonds is 12. The fourth-order valence-corrected chi connectivity index (χ4v) is 16.9. The molecule has 2 atom stereocenters. The smallest absolute Gasteiger partial charge is 0.384 e. The molecule has 13 heteroatoms. The van der Waals surface area contributed by atoms with Crippen LogP contribution in [-0.4, -0.2) is 64.3 Å². The summed E-state index contributed by atoms with van der Waals surface area (Å²) in [7, 11) is -4.61. The van der Waals surface area contributed by atoms with Crippen molar-refractivity contribution in [3.05, 3.63) is 0 Å². The van der Waals surface area contributed by atoms with E-state index in [9.17, 15) is 35.5 Å². The number of halogens is 6. The third-order valence-electron chi connectivity index (χ3n) is 7.90. The number of unbranched alkanes of at least 4 members (excludes halogenated alkanes) is 2. The number of hydrogen-bond acceptors (Lipinski definition) is 4. The van der Waals surface area contributed by atoms with Gasteiger partial charge in [0.15, 0.2) is 12.2 Å². The van der Waals surface area contributed by atoms with Crippen LogP contribution < -0.4 is 0 Å². The molecule has 1 radical (unpaired) electrons. The van der Waals surface area contributed by atoms with Gasteiger partial charge in [-0.3, -0.25) is 0 Å². The van der Waals surface area contributed by atoms with E-state index in [1.807, 2.05) is 0 Å². The van der Waals surface area contributed by atoms with Gasteiger partial charge in [0, 0.05) is 79.4 Å². The van der Waals surface area contributed by atoms with E-state index in [0.29, 0.717) is 17.2 Å². The maximum atomic E-state index is 14.5. The van der Waals surface area contributed by atoms with Gasteiger partial charge >= 0.3 is 12.4 Å². The van der Waals surface area contributed by atoms with E-state index >= 15 is 0 Å². The SMILES string of the molecule is CCCCP(=O)(CCCC)CP(=O)(C1CCCCC1)C1CCCCC1.OC(CC(O)C(F)(F)F)C(F)(F)F.[Eu]. The van der Waals surface area contributed by atoms with Crippen LogP contribution in [0.2, 0.25) is 0 Å². The predicted octanol–water partition coefficient (Wildman–Crippen LogP) is 9.16. The quantitative estimate of drug-likeness (QED) is 0.154. The van der Waals surface area contributed by atoms with Crippen LogP contribution in [0.15, 0.2) is 0 Å². The van der Waals surface area contributed by atoms with Gasteiger partial charge in [0.05, 0.1) is 13.0 Å². The molecule has 2 unspecified atom stereocenters. The molecule has 2 aliphatic rings. The molecule has 0 amide bonds. The van der Waals surface area contributed by atoms with Crippen LogP contribution in [0.5, 0.6) is 0 Å². The van der Waals surface area contributed by atoms with Gasteiger partial charge < -0.3 is 19.3 Å². The summed E-state index contributed by atoms with van der Waals surface area (Å²) < 4.78 is 97.2. The monoisotopic (exact) mass is 753 g/mol. The minimum atomic E-state index is -5.15. The average Bonchev–Trinajstić information content (AvgIpc) is 2.86. The minimum absolute atomic E-state index is 0. The third kappa shape index (κ3) is 14.7. The molecule has 0 saturated heterocycles. The van der Waals surface area contributed by atoms with Crippen molar-refractivity contribution in [3.63, 3.8) is 0 Å². The zero-order valence-electron chi connectivity index (χ0n) is 23.3. The Bertz CT molecular complexity index is 702. The van der Waals surface area contributed by atoms with Crippen LogP contribution in [0.3, 0.4) is 0 Å². The van der Waals surface area contributed by atoms with Gasteiger partial charge in [0.1, 0.15) is 7.14 Å². The first-order valence-corrected chi connectivity index (χ1v) is 18.5. The van der Waals surface area contributed by atoms with Crippen molar-refractivity contribution >= 4 is 14.3 Å². The first kappa shape index (κ1) is 40.5. The molecule has 2 fully saturated rings. The van der Waals surface area contributed by atoms with E-state index < -0.39 is 45.3 Å². The number of alkyl halides is 6. The van der Waals surface area contributed by atoms with Crippen molar-refractivity contribution in [1.82, 2.24) is 0 Å². The van der Waals surface area contributed by atoms with E-state index in [1.54, 1.807) is 0 Å². The van der Waals surface area contributed by atoms with Crippen LogP contribution >= 0.6 is 14.3 Å². The van der Waals surface area contributed by atoms with Crippen LogP contribution in [0.1, 0.15) is 110 Å². The molecule has 0 aromatic rings. The molecule has 0 aromatic heterocycles. The maximum Gasteiger partial charge on any atom is 0.414 e. The molecule has 2 aliphatic carbocycles. The Morgan fingerprint density at radius 2 is 1.03 bits per heavy atom. The second-order valence-corrected chi connectivity index (χ2v) is 18.5. The second kappa shape index (κ2) is 19.0. The summed E-state index contributed by atoms with van der Waals surface area (Å²) in [4.78, 5) is 0. The summed E-state index contributed by atoms with van der Waals surface area (Å²) in [6, 6.07) is 0. The molecule has 0 aromatic carbocycles. The molecule has 39 heavy (non-hydrogen) atoms. The molecular weight excluding hydrogens is 704 g/mol. The Kier molecular flexibility index (Phi) is 19.8. The molecule has 0 spiro atoms. The number of aliphatic hydroxyl groups excluding tert-OH is 2. The molecular formula is C26H48EuF6O4P2. The number of aliphatic hydroxyl groups is 2. The van der Waals surface area contributed by atoms with Gasteiger partial charge in [-0.15, -0.1) is 0 Å². The molecule has 2 saturated carbocycles. The topological polar surface area (TPSA) is 74.6 Å². The average molecular weight is 753 g/mol. The van der Waals surface area contributed by atoms with Crippen molar-refractivity contribution in [1.29, 1.82) is 0 Å². The first-order valence-electron chi connectivity index (χ1n) is 14.2. The zero-order valence-corrected chi connectivity index (χ0v) is 27.5. The fourth-order valence-electron chi connectivity index (χ4n) is 5.59. The Hall–Kier alpha value is 1.54. The fraction of sp³-hybridized carbons (Fsp3) is 1.00. The van der Waals surface area contributed by atoms with Crippen LogP contribution in [0, 0.1) is 49.4 Å². The van der Waals surface area contributed by atoms with Crippen molar-refractivity contribution in [2.24, 2.45) is 0 Å². The Morgan fingerprint density at radius 3 is 1.31 bits per heavy atom. The molecule has 0 heterocycles.